The van der Waals surface area contributed by atoms with Gasteiger partial charge >= 0.3 is 0 Å². The van der Waals surface area contributed by atoms with Gasteiger partial charge in [0.15, 0.2) is 0 Å². The lowest BCUT2D eigenvalue weighted by Gasteiger charge is -2.25. The number of hydrogen-bond donors (Lipinski definition) is 1. The van der Waals surface area contributed by atoms with Crippen LogP contribution in [-0.2, 0) is 0 Å². The Bertz CT molecular complexity index is 172. The third kappa shape index (κ3) is 2.84. The van der Waals surface area contributed by atoms with Crippen LogP contribution in [0.25, 0.3) is 0 Å². The van der Waals surface area contributed by atoms with Gasteiger partial charge in [-0.15, -0.1) is 0 Å². The van der Waals surface area contributed by atoms with Crippen LogP contribution in [0, 0.1) is 5.92 Å². The molecule has 1 aliphatic carbocycles. The van der Waals surface area contributed by atoms with Crippen LogP contribution in [0.2, 0.25) is 0 Å². The second-order valence-corrected chi connectivity index (χ2v) is 4.09. The van der Waals surface area contributed by atoms with E-state index in [0.717, 1.165) is 12.5 Å². The molecule has 0 radical (unpaired) electrons. The molecule has 0 aromatic rings. The van der Waals surface area contributed by atoms with Crippen molar-refractivity contribution in [1.29, 1.82) is 0 Å². The van der Waals surface area contributed by atoms with Gasteiger partial charge in [0.1, 0.15) is 0 Å². The van der Waals surface area contributed by atoms with Gasteiger partial charge in [-0.1, -0.05) is 38.8 Å². The Morgan fingerprint density at radius 3 is 2.69 bits per heavy atom. The summed E-state index contributed by atoms with van der Waals surface area (Å²) in [5, 5.41) is 3.61. The first kappa shape index (κ1) is 10.8. The van der Waals surface area contributed by atoms with Crippen molar-refractivity contribution in [3.8, 4) is 0 Å². The minimum Gasteiger partial charge on any atom is -0.310 e. The molecular formula is C12H23N. The summed E-state index contributed by atoms with van der Waals surface area (Å²) in [6, 6.07) is 0.650. The average Bonchev–Trinajstić information content (AvgIpc) is 2.65. The lowest BCUT2D eigenvalue weighted by Crippen LogP contribution is -2.36. The Balaban J connectivity index is 2.55. The van der Waals surface area contributed by atoms with Crippen LogP contribution in [0.4, 0.5) is 0 Å². The fourth-order valence-corrected chi connectivity index (χ4v) is 2.13. The summed E-state index contributed by atoms with van der Waals surface area (Å²) >= 11 is 0. The van der Waals surface area contributed by atoms with E-state index in [9.17, 15) is 0 Å². The molecule has 0 spiro atoms. The molecule has 1 N–H and O–H groups in total. The number of likely N-dealkylation sites (N-methyl/N-ethyl adjacent to an activating group) is 1. The smallest absolute Gasteiger partial charge is 0.0304 e. The Morgan fingerprint density at radius 1 is 1.46 bits per heavy atom. The maximum atomic E-state index is 3.61. The highest BCUT2D eigenvalue weighted by atomic mass is 14.9. The van der Waals surface area contributed by atoms with Crippen LogP contribution < -0.4 is 5.32 Å². The first-order valence-electron chi connectivity index (χ1n) is 5.71. The van der Waals surface area contributed by atoms with Crippen LogP contribution >= 0.6 is 0 Å². The minimum absolute atomic E-state index is 0.650. The van der Waals surface area contributed by atoms with E-state index < -0.39 is 0 Å². The summed E-state index contributed by atoms with van der Waals surface area (Å²) < 4.78 is 0. The van der Waals surface area contributed by atoms with Crippen molar-refractivity contribution >= 4 is 0 Å². The molecule has 0 bridgehead atoms. The first-order chi connectivity index (χ1) is 6.29. The normalized spacial score (nSPS) is 21.3. The maximum absolute atomic E-state index is 3.61. The van der Waals surface area contributed by atoms with E-state index in [1.54, 1.807) is 5.57 Å². The minimum atomic E-state index is 0.650. The number of nitrogens with one attached hydrogen (secondary N) is 1. The van der Waals surface area contributed by atoms with Gasteiger partial charge in [0.2, 0.25) is 0 Å². The Hall–Kier alpha value is -0.300. The quantitative estimate of drug-likeness (QED) is 0.643. The summed E-state index contributed by atoms with van der Waals surface area (Å²) in [5.41, 5.74) is 1.66. The molecule has 76 valence electrons. The van der Waals surface area contributed by atoms with Crippen molar-refractivity contribution in [2.45, 2.75) is 52.5 Å². The van der Waals surface area contributed by atoms with Crippen LogP contribution in [0.15, 0.2) is 11.6 Å². The molecule has 0 saturated heterocycles. The monoisotopic (exact) mass is 181 g/mol. The fraction of sp³-hybridized carbons (Fsp3) is 0.833. The Kier molecular flexibility index (Phi) is 4.51. The van der Waals surface area contributed by atoms with Gasteiger partial charge < -0.3 is 5.32 Å². The van der Waals surface area contributed by atoms with E-state index >= 15 is 0 Å². The lowest BCUT2D eigenvalue weighted by atomic mass is 9.92. The maximum Gasteiger partial charge on any atom is 0.0304 e. The third-order valence-corrected chi connectivity index (χ3v) is 3.11. The van der Waals surface area contributed by atoms with Crippen LogP contribution in [-0.4, -0.2) is 12.6 Å². The molecular weight excluding hydrogens is 158 g/mol. The molecule has 0 heterocycles. The van der Waals surface area contributed by atoms with E-state index in [-0.39, 0.29) is 0 Å². The van der Waals surface area contributed by atoms with Gasteiger partial charge in [0, 0.05) is 6.04 Å². The second kappa shape index (κ2) is 5.43. The van der Waals surface area contributed by atoms with Crippen molar-refractivity contribution in [1.82, 2.24) is 5.32 Å². The van der Waals surface area contributed by atoms with Gasteiger partial charge in [0.05, 0.1) is 0 Å². The Morgan fingerprint density at radius 2 is 2.23 bits per heavy atom. The molecule has 1 heteroatoms. The largest absolute Gasteiger partial charge is 0.310 e. The number of rotatable bonds is 5. The third-order valence-electron chi connectivity index (χ3n) is 3.11. The SMILES string of the molecule is CCNC(C1=CCCC1)C(C)CC. The molecule has 0 aliphatic heterocycles. The molecule has 0 saturated carbocycles. The molecule has 2 unspecified atom stereocenters. The van der Waals surface area contributed by atoms with Crippen molar-refractivity contribution < 1.29 is 0 Å². The lowest BCUT2D eigenvalue weighted by molar-refractivity contribution is 0.410. The molecule has 2 atom stereocenters. The van der Waals surface area contributed by atoms with Gasteiger partial charge in [0.25, 0.3) is 0 Å². The molecule has 1 nitrogen and oxygen atoms in total. The standard InChI is InChI=1S/C12H23N/c1-4-10(3)12(13-5-2)11-8-6-7-9-11/h8,10,12-13H,4-7,9H2,1-3H3. The summed E-state index contributed by atoms with van der Waals surface area (Å²) in [6.45, 7) is 7.92. The predicted molar refractivity (Wildman–Crippen MR) is 58.9 cm³/mol. The van der Waals surface area contributed by atoms with E-state index in [2.05, 4.69) is 32.2 Å². The van der Waals surface area contributed by atoms with Crippen LogP contribution in [0.5, 0.6) is 0 Å². The Labute approximate surface area is 82.6 Å². The van der Waals surface area contributed by atoms with Gasteiger partial charge in [-0.3, -0.25) is 0 Å². The molecule has 1 aliphatic rings. The fourth-order valence-electron chi connectivity index (χ4n) is 2.13. The zero-order chi connectivity index (χ0) is 9.68. The molecule has 0 fully saturated rings. The van der Waals surface area contributed by atoms with Gasteiger partial charge in [-0.05, 0) is 31.7 Å². The molecule has 0 aromatic heterocycles. The van der Waals surface area contributed by atoms with Crippen LogP contribution in [0.3, 0.4) is 0 Å². The van der Waals surface area contributed by atoms with E-state index in [1.807, 2.05) is 0 Å². The van der Waals surface area contributed by atoms with E-state index in [4.69, 9.17) is 0 Å². The molecule has 0 amide bonds. The van der Waals surface area contributed by atoms with Crippen molar-refractivity contribution in [2.24, 2.45) is 5.92 Å². The van der Waals surface area contributed by atoms with Crippen molar-refractivity contribution in [3.63, 3.8) is 0 Å². The highest BCUT2D eigenvalue weighted by Gasteiger charge is 2.20. The summed E-state index contributed by atoms with van der Waals surface area (Å²) in [7, 11) is 0. The highest BCUT2D eigenvalue weighted by Crippen LogP contribution is 2.25. The van der Waals surface area contributed by atoms with E-state index in [1.165, 1.54) is 25.7 Å². The van der Waals surface area contributed by atoms with Gasteiger partial charge in [-0.25, -0.2) is 0 Å². The van der Waals surface area contributed by atoms with E-state index in [0.29, 0.717) is 6.04 Å². The highest BCUT2D eigenvalue weighted by molar-refractivity contribution is 5.16. The number of allylic oxidation sites excluding steroid dienone is 1. The van der Waals surface area contributed by atoms with Gasteiger partial charge in [-0.2, -0.15) is 0 Å². The molecule has 0 aromatic carbocycles. The predicted octanol–water partition coefficient (Wildman–Crippen LogP) is 3.12. The summed E-state index contributed by atoms with van der Waals surface area (Å²) in [4.78, 5) is 0. The zero-order valence-electron chi connectivity index (χ0n) is 9.27. The first-order valence-corrected chi connectivity index (χ1v) is 5.71. The summed E-state index contributed by atoms with van der Waals surface area (Å²) in [5.74, 6) is 0.782. The topological polar surface area (TPSA) is 12.0 Å². The molecule has 13 heavy (non-hydrogen) atoms. The summed E-state index contributed by atoms with van der Waals surface area (Å²) in [6.07, 6.45) is 7.71. The van der Waals surface area contributed by atoms with Crippen molar-refractivity contribution in [2.75, 3.05) is 6.54 Å². The van der Waals surface area contributed by atoms with Crippen LogP contribution in [0.1, 0.15) is 46.5 Å². The second-order valence-electron chi connectivity index (χ2n) is 4.09. The molecule has 1 rings (SSSR count). The average molecular weight is 181 g/mol. The van der Waals surface area contributed by atoms with Crippen molar-refractivity contribution in [3.05, 3.63) is 11.6 Å². The zero-order valence-corrected chi connectivity index (χ0v) is 9.27. The number of hydrogen-bond acceptors (Lipinski definition) is 1.